The summed E-state index contributed by atoms with van der Waals surface area (Å²) in [6.45, 7) is 3.64. The number of benzene rings is 1. The molecule has 0 aliphatic carbocycles. The van der Waals surface area contributed by atoms with Gasteiger partial charge >= 0.3 is 0 Å². The van der Waals surface area contributed by atoms with Crippen molar-refractivity contribution in [2.75, 3.05) is 26.0 Å². The van der Waals surface area contributed by atoms with Crippen LogP contribution in [0.25, 0.3) is 0 Å². The minimum Gasteiger partial charge on any atom is -0.394 e. The van der Waals surface area contributed by atoms with E-state index in [4.69, 9.17) is 0 Å². The van der Waals surface area contributed by atoms with Gasteiger partial charge in [-0.15, -0.1) is 0 Å². The topological polar surface area (TPSA) is 95.7 Å². The van der Waals surface area contributed by atoms with Gasteiger partial charge in [-0.2, -0.15) is 0 Å². The third kappa shape index (κ3) is 4.16. The Balaban J connectivity index is 3.21. The van der Waals surface area contributed by atoms with Gasteiger partial charge in [-0.3, -0.25) is 14.9 Å². The van der Waals surface area contributed by atoms with E-state index in [9.17, 15) is 20.0 Å². The van der Waals surface area contributed by atoms with E-state index in [1.807, 2.05) is 13.8 Å². The molecule has 7 heteroatoms. The Morgan fingerprint density at radius 3 is 2.48 bits per heavy atom. The lowest BCUT2D eigenvalue weighted by atomic mass is 10.0. The van der Waals surface area contributed by atoms with Crippen molar-refractivity contribution >= 4 is 17.3 Å². The van der Waals surface area contributed by atoms with Crippen LogP contribution in [0.2, 0.25) is 0 Å². The van der Waals surface area contributed by atoms with Crippen LogP contribution >= 0.6 is 0 Å². The molecule has 1 amide bonds. The second-order valence-corrected chi connectivity index (χ2v) is 5.37. The van der Waals surface area contributed by atoms with Crippen molar-refractivity contribution in [2.24, 2.45) is 5.92 Å². The average Bonchev–Trinajstić information content (AvgIpc) is 2.42. The fourth-order valence-corrected chi connectivity index (χ4v) is 1.82. The zero-order chi connectivity index (χ0) is 16.2. The fraction of sp³-hybridized carbons (Fsp3) is 0.500. The summed E-state index contributed by atoms with van der Waals surface area (Å²) < 4.78 is 0. The number of hydrogen-bond donors (Lipinski definition) is 2. The Morgan fingerprint density at radius 2 is 2.05 bits per heavy atom. The summed E-state index contributed by atoms with van der Waals surface area (Å²) in [7, 11) is 3.23. The Bertz CT molecular complexity index is 529. The molecule has 0 radical (unpaired) electrons. The maximum atomic E-state index is 11.9. The van der Waals surface area contributed by atoms with E-state index in [1.54, 1.807) is 14.1 Å². The number of aliphatic hydroxyl groups is 1. The molecule has 1 aromatic carbocycles. The van der Waals surface area contributed by atoms with Gasteiger partial charge in [0.2, 0.25) is 0 Å². The minimum atomic E-state index is -0.513. The number of carbonyl (C=O) groups is 1. The molecule has 0 saturated heterocycles. The van der Waals surface area contributed by atoms with Crippen molar-refractivity contribution in [2.45, 2.75) is 19.9 Å². The molecule has 0 heterocycles. The second-order valence-electron chi connectivity index (χ2n) is 5.37. The number of anilines is 1. The molecule has 0 aromatic heterocycles. The highest BCUT2D eigenvalue weighted by atomic mass is 16.6. The standard InChI is InChI=1S/C14H21N3O4/c1-9(2)12(8-18)15-11-7-10(14(19)16(3)4)5-6-13(11)17(20)21/h5-7,9,12,15,18H,8H2,1-4H3/t12-/m1/s1. The number of rotatable bonds is 6. The van der Waals surface area contributed by atoms with Crippen molar-refractivity contribution in [1.82, 2.24) is 4.90 Å². The first kappa shape index (κ1) is 16.9. The largest absolute Gasteiger partial charge is 0.394 e. The van der Waals surface area contributed by atoms with Crippen LogP contribution < -0.4 is 5.32 Å². The molecule has 0 bridgehead atoms. The molecule has 0 unspecified atom stereocenters. The smallest absolute Gasteiger partial charge is 0.292 e. The molecule has 21 heavy (non-hydrogen) atoms. The number of hydrogen-bond acceptors (Lipinski definition) is 5. The number of aliphatic hydroxyl groups excluding tert-OH is 1. The number of nitro groups is 1. The van der Waals surface area contributed by atoms with Crippen LogP contribution in [0.1, 0.15) is 24.2 Å². The first-order valence-corrected chi connectivity index (χ1v) is 6.65. The van der Waals surface area contributed by atoms with Gasteiger partial charge in [0.05, 0.1) is 17.6 Å². The summed E-state index contributed by atoms with van der Waals surface area (Å²) >= 11 is 0. The van der Waals surface area contributed by atoms with Crippen LogP contribution in [-0.2, 0) is 0 Å². The lowest BCUT2D eigenvalue weighted by Crippen LogP contribution is -2.30. The molecule has 0 aliphatic heterocycles. The third-order valence-electron chi connectivity index (χ3n) is 3.19. The van der Waals surface area contributed by atoms with E-state index >= 15 is 0 Å². The summed E-state index contributed by atoms with van der Waals surface area (Å²) in [5.41, 5.74) is 0.471. The Kier molecular flexibility index (Phi) is 5.66. The Hall–Kier alpha value is -2.15. The third-order valence-corrected chi connectivity index (χ3v) is 3.19. The summed E-state index contributed by atoms with van der Waals surface area (Å²) in [6, 6.07) is 3.85. The van der Waals surface area contributed by atoms with Gasteiger partial charge in [0.15, 0.2) is 0 Å². The van der Waals surface area contributed by atoms with Crippen molar-refractivity contribution in [3.63, 3.8) is 0 Å². The molecule has 1 aromatic rings. The predicted octanol–water partition coefficient (Wildman–Crippen LogP) is 1.73. The summed E-state index contributed by atoms with van der Waals surface area (Å²) in [4.78, 5) is 23.9. The van der Waals surface area contributed by atoms with Crippen LogP contribution in [0.4, 0.5) is 11.4 Å². The van der Waals surface area contributed by atoms with E-state index in [0.29, 0.717) is 5.56 Å². The zero-order valence-electron chi connectivity index (χ0n) is 12.7. The Labute approximate surface area is 123 Å². The average molecular weight is 295 g/mol. The van der Waals surface area contributed by atoms with Gasteiger partial charge < -0.3 is 15.3 Å². The molecule has 1 rings (SSSR count). The molecule has 1 atom stereocenters. The predicted molar refractivity (Wildman–Crippen MR) is 80.4 cm³/mol. The van der Waals surface area contributed by atoms with Gasteiger partial charge in [0, 0.05) is 25.7 Å². The van der Waals surface area contributed by atoms with Crippen molar-refractivity contribution in [1.29, 1.82) is 0 Å². The monoisotopic (exact) mass is 295 g/mol. The normalized spacial score (nSPS) is 12.1. The lowest BCUT2D eigenvalue weighted by molar-refractivity contribution is -0.384. The van der Waals surface area contributed by atoms with Crippen LogP contribution in [-0.4, -0.2) is 47.6 Å². The summed E-state index contributed by atoms with van der Waals surface area (Å²) in [6.07, 6.45) is 0. The zero-order valence-corrected chi connectivity index (χ0v) is 12.7. The van der Waals surface area contributed by atoms with Crippen molar-refractivity contribution in [3.8, 4) is 0 Å². The molecule has 0 saturated carbocycles. The molecular weight excluding hydrogens is 274 g/mol. The molecule has 2 N–H and O–H groups in total. The number of nitrogens with one attached hydrogen (secondary N) is 1. The van der Waals surface area contributed by atoms with E-state index in [1.165, 1.54) is 23.1 Å². The Morgan fingerprint density at radius 1 is 1.43 bits per heavy atom. The second kappa shape index (κ2) is 7.03. The van der Waals surface area contributed by atoms with Crippen molar-refractivity contribution in [3.05, 3.63) is 33.9 Å². The van der Waals surface area contributed by atoms with Gasteiger partial charge in [0.1, 0.15) is 5.69 Å². The molecule has 116 valence electrons. The van der Waals surface area contributed by atoms with Crippen molar-refractivity contribution < 1.29 is 14.8 Å². The molecule has 0 fully saturated rings. The van der Waals surface area contributed by atoms with E-state index in [-0.39, 0.29) is 35.8 Å². The fourth-order valence-electron chi connectivity index (χ4n) is 1.82. The van der Waals surface area contributed by atoms with Crippen LogP contribution in [0, 0.1) is 16.0 Å². The number of nitro benzene ring substituents is 1. The van der Waals surface area contributed by atoms with E-state index in [0.717, 1.165) is 0 Å². The quantitative estimate of drug-likeness (QED) is 0.615. The maximum absolute atomic E-state index is 11.9. The van der Waals surface area contributed by atoms with Crippen LogP contribution in [0.3, 0.4) is 0 Å². The van der Waals surface area contributed by atoms with Gasteiger partial charge in [-0.05, 0) is 18.1 Å². The lowest BCUT2D eigenvalue weighted by Gasteiger charge is -2.21. The first-order chi connectivity index (χ1) is 9.77. The molecule has 0 spiro atoms. The highest BCUT2D eigenvalue weighted by molar-refractivity contribution is 5.95. The van der Waals surface area contributed by atoms with E-state index < -0.39 is 4.92 Å². The molecule has 7 nitrogen and oxygen atoms in total. The van der Waals surface area contributed by atoms with Crippen LogP contribution in [0.5, 0.6) is 0 Å². The summed E-state index contributed by atoms with van der Waals surface area (Å²) in [5, 5.41) is 23.4. The molecule has 0 aliphatic rings. The SMILES string of the molecule is CC(C)[C@@H](CO)Nc1cc(C(=O)N(C)C)ccc1[N+](=O)[O-]. The van der Waals surface area contributed by atoms with Gasteiger partial charge in [-0.1, -0.05) is 13.8 Å². The maximum Gasteiger partial charge on any atom is 0.292 e. The minimum absolute atomic E-state index is 0.0859. The van der Waals surface area contributed by atoms with Gasteiger partial charge in [-0.25, -0.2) is 0 Å². The molecular formula is C14H21N3O4. The van der Waals surface area contributed by atoms with E-state index in [2.05, 4.69) is 5.32 Å². The number of nitrogens with zero attached hydrogens (tertiary/aromatic N) is 2. The van der Waals surface area contributed by atoms with Crippen LogP contribution in [0.15, 0.2) is 18.2 Å². The number of amides is 1. The summed E-state index contributed by atoms with van der Waals surface area (Å²) in [5.74, 6) is -0.152. The first-order valence-electron chi connectivity index (χ1n) is 6.65. The van der Waals surface area contributed by atoms with Gasteiger partial charge in [0.25, 0.3) is 11.6 Å². The highest BCUT2D eigenvalue weighted by Gasteiger charge is 2.21. The highest BCUT2D eigenvalue weighted by Crippen LogP contribution is 2.27. The number of carbonyl (C=O) groups excluding carboxylic acids is 1.